The number of nitrogens with zero attached hydrogens (tertiary/aromatic N) is 4. The Balaban J connectivity index is 1.68. The van der Waals surface area contributed by atoms with Gasteiger partial charge in [0, 0.05) is 19.1 Å². The molecule has 1 fully saturated rings. The zero-order chi connectivity index (χ0) is 14.4. The largest absolute Gasteiger partial charge is 0.355 e. The summed E-state index contributed by atoms with van der Waals surface area (Å²) >= 11 is 1.37. The van der Waals surface area contributed by atoms with E-state index in [9.17, 15) is 4.79 Å². The number of hydrogen-bond donors (Lipinski definition) is 2. The van der Waals surface area contributed by atoms with Crippen LogP contribution in [0.3, 0.4) is 0 Å². The number of carbonyl (C=O) groups excluding carboxylic acids is 1. The highest BCUT2D eigenvalue weighted by molar-refractivity contribution is 7.99. The third kappa shape index (κ3) is 5.46. The lowest BCUT2D eigenvalue weighted by Gasteiger charge is -2.07. The Labute approximate surface area is 123 Å². The Bertz CT molecular complexity index is 431. The molecule has 1 amide bonds. The van der Waals surface area contributed by atoms with Gasteiger partial charge in [0.2, 0.25) is 11.1 Å². The van der Waals surface area contributed by atoms with E-state index in [2.05, 4.69) is 40.0 Å². The summed E-state index contributed by atoms with van der Waals surface area (Å²) in [5.41, 5.74) is 0. The minimum absolute atomic E-state index is 0.0226. The van der Waals surface area contributed by atoms with Gasteiger partial charge in [0.15, 0.2) is 0 Å². The van der Waals surface area contributed by atoms with E-state index < -0.39 is 0 Å². The van der Waals surface area contributed by atoms with Crippen LogP contribution in [0.4, 0.5) is 0 Å². The van der Waals surface area contributed by atoms with Gasteiger partial charge in [0.25, 0.3) is 0 Å². The fourth-order valence-electron chi connectivity index (χ4n) is 1.60. The molecule has 1 aromatic rings. The number of hydrogen-bond acceptors (Lipinski definition) is 6. The van der Waals surface area contributed by atoms with Gasteiger partial charge < -0.3 is 10.6 Å². The monoisotopic (exact) mass is 298 g/mol. The van der Waals surface area contributed by atoms with E-state index in [4.69, 9.17) is 0 Å². The van der Waals surface area contributed by atoms with Crippen molar-refractivity contribution >= 4 is 17.7 Å². The first-order valence-corrected chi connectivity index (χ1v) is 8.02. The topological polar surface area (TPSA) is 84.7 Å². The van der Waals surface area contributed by atoms with E-state index >= 15 is 0 Å². The number of rotatable bonds is 9. The molecule has 1 aliphatic carbocycles. The molecule has 0 saturated heterocycles. The highest BCUT2D eigenvalue weighted by Crippen LogP contribution is 2.18. The van der Waals surface area contributed by atoms with Crippen LogP contribution in [0.2, 0.25) is 0 Å². The van der Waals surface area contributed by atoms with E-state index in [0.29, 0.717) is 29.4 Å². The molecule has 1 aromatic heterocycles. The Hall–Kier alpha value is -1.15. The van der Waals surface area contributed by atoms with Crippen LogP contribution in [-0.4, -0.2) is 51.0 Å². The van der Waals surface area contributed by atoms with Gasteiger partial charge in [-0.05, 0) is 29.2 Å². The summed E-state index contributed by atoms with van der Waals surface area (Å²) in [6.07, 6.45) is 2.54. The number of amides is 1. The Morgan fingerprint density at radius 3 is 3.00 bits per heavy atom. The van der Waals surface area contributed by atoms with Crippen molar-refractivity contribution in [3.8, 4) is 0 Å². The maximum Gasteiger partial charge on any atom is 0.230 e. The SMILES string of the molecule is CC(C)CNC(=O)CSc1nnnn1CCNC1CC1. The maximum absolute atomic E-state index is 11.6. The molecule has 0 atom stereocenters. The second-order valence-electron chi connectivity index (χ2n) is 5.40. The van der Waals surface area contributed by atoms with Crippen molar-refractivity contribution in [3.63, 3.8) is 0 Å². The lowest BCUT2D eigenvalue weighted by molar-refractivity contribution is -0.118. The summed E-state index contributed by atoms with van der Waals surface area (Å²) in [4.78, 5) is 11.6. The van der Waals surface area contributed by atoms with Gasteiger partial charge >= 0.3 is 0 Å². The Morgan fingerprint density at radius 2 is 2.30 bits per heavy atom. The zero-order valence-electron chi connectivity index (χ0n) is 12.0. The molecule has 0 spiro atoms. The number of tetrazole rings is 1. The standard InChI is InChI=1S/C12H22N6OS/c1-9(2)7-14-11(19)8-20-12-15-16-17-18(12)6-5-13-10-3-4-10/h9-10,13H,3-8H2,1-2H3,(H,14,19). The van der Waals surface area contributed by atoms with Crippen LogP contribution in [0.25, 0.3) is 0 Å². The van der Waals surface area contributed by atoms with Gasteiger partial charge in [-0.15, -0.1) is 5.10 Å². The van der Waals surface area contributed by atoms with Crippen molar-refractivity contribution in [1.82, 2.24) is 30.8 Å². The molecule has 2 rings (SSSR count). The van der Waals surface area contributed by atoms with Gasteiger partial charge in [0.1, 0.15) is 0 Å². The number of nitrogens with one attached hydrogen (secondary N) is 2. The Morgan fingerprint density at radius 1 is 1.50 bits per heavy atom. The first-order chi connectivity index (χ1) is 9.65. The van der Waals surface area contributed by atoms with E-state index in [0.717, 1.165) is 13.1 Å². The average Bonchev–Trinajstić information content (AvgIpc) is 3.12. The maximum atomic E-state index is 11.6. The van der Waals surface area contributed by atoms with Crippen molar-refractivity contribution in [2.75, 3.05) is 18.8 Å². The van der Waals surface area contributed by atoms with E-state index in [-0.39, 0.29) is 5.91 Å². The van der Waals surface area contributed by atoms with E-state index in [1.165, 1.54) is 24.6 Å². The molecular formula is C12H22N6OS. The third-order valence-electron chi connectivity index (χ3n) is 2.87. The number of aromatic nitrogens is 4. The third-order valence-corrected chi connectivity index (χ3v) is 3.83. The van der Waals surface area contributed by atoms with Crippen molar-refractivity contribution in [2.24, 2.45) is 5.92 Å². The summed E-state index contributed by atoms with van der Waals surface area (Å²) in [5, 5.41) is 18.6. The molecule has 112 valence electrons. The van der Waals surface area contributed by atoms with Crippen LogP contribution in [-0.2, 0) is 11.3 Å². The van der Waals surface area contributed by atoms with E-state index in [1.54, 1.807) is 4.68 Å². The van der Waals surface area contributed by atoms with Crippen molar-refractivity contribution in [1.29, 1.82) is 0 Å². The van der Waals surface area contributed by atoms with Crippen LogP contribution in [0.1, 0.15) is 26.7 Å². The minimum Gasteiger partial charge on any atom is -0.355 e. The molecular weight excluding hydrogens is 276 g/mol. The predicted molar refractivity (Wildman–Crippen MR) is 77.4 cm³/mol. The first-order valence-electron chi connectivity index (χ1n) is 7.04. The van der Waals surface area contributed by atoms with Gasteiger partial charge in [-0.25, -0.2) is 4.68 Å². The lowest BCUT2D eigenvalue weighted by atomic mass is 10.2. The summed E-state index contributed by atoms with van der Waals surface area (Å²) in [7, 11) is 0. The highest BCUT2D eigenvalue weighted by atomic mass is 32.2. The minimum atomic E-state index is 0.0226. The summed E-state index contributed by atoms with van der Waals surface area (Å²) < 4.78 is 1.75. The molecule has 1 aliphatic rings. The average molecular weight is 298 g/mol. The van der Waals surface area contributed by atoms with Gasteiger partial charge in [0.05, 0.1) is 12.3 Å². The summed E-state index contributed by atoms with van der Waals surface area (Å²) in [6, 6.07) is 0.685. The fourth-order valence-corrected chi connectivity index (χ4v) is 2.33. The summed E-state index contributed by atoms with van der Waals surface area (Å²) in [6.45, 7) is 6.44. The van der Waals surface area contributed by atoms with Crippen LogP contribution in [0.15, 0.2) is 5.16 Å². The van der Waals surface area contributed by atoms with Crippen LogP contribution in [0, 0.1) is 5.92 Å². The molecule has 0 radical (unpaired) electrons. The van der Waals surface area contributed by atoms with Crippen molar-refractivity contribution in [3.05, 3.63) is 0 Å². The normalized spacial score (nSPS) is 14.8. The first kappa shape index (κ1) is 15.2. The van der Waals surface area contributed by atoms with E-state index in [1.807, 2.05) is 0 Å². The molecule has 0 aromatic carbocycles. The smallest absolute Gasteiger partial charge is 0.230 e. The summed E-state index contributed by atoms with van der Waals surface area (Å²) in [5.74, 6) is 0.834. The van der Waals surface area contributed by atoms with Crippen LogP contribution in [0.5, 0.6) is 0 Å². The molecule has 1 heterocycles. The predicted octanol–water partition coefficient (Wildman–Crippen LogP) is 0.289. The Kier molecular flexibility index (Phi) is 5.78. The van der Waals surface area contributed by atoms with Gasteiger partial charge in [-0.1, -0.05) is 25.6 Å². The second kappa shape index (κ2) is 7.58. The highest BCUT2D eigenvalue weighted by Gasteiger charge is 2.20. The molecule has 8 heteroatoms. The number of carbonyl (C=O) groups is 1. The molecule has 2 N–H and O–H groups in total. The molecule has 20 heavy (non-hydrogen) atoms. The van der Waals surface area contributed by atoms with Gasteiger partial charge in [-0.2, -0.15) is 0 Å². The molecule has 0 bridgehead atoms. The second-order valence-corrected chi connectivity index (χ2v) is 6.34. The number of thioether (sulfide) groups is 1. The van der Waals surface area contributed by atoms with Gasteiger partial charge in [-0.3, -0.25) is 4.79 Å². The zero-order valence-corrected chi connectivity index (χ0v) is 12.8. The van der Waals surface area contributed by atoms with Crippen molar-refractivity contribution < 1.29 is 4.79 Å². The van der Waals surface area contributed by atoms with Crippen LogP contribution < -0.4 is 10.6 Å². The molecule has 0 unspecified atom stereocenters. The van der Waals surface area contributed by atoms with Crippen LogP contribution >= 0.6 is 11.8 Å². The van der Waals surface area contributed by atoms with Crippen molar-refractivity contribution in [2.45, 2.75) is 44.4 Å². The lowest BCUT2D eigenvalue weighted by Crippen LogP contribution is -2.29. The molecule has 0 aliphatic heterocycles. The quantitative estimate of drug-likeness (QED) is 0.637. The molecule has 7 nitrogen and oxygen atoms in total. The fraction of sp³-hybridized carbons (Fsp3) is 0.833. The molecule has 1 saturated carbocycles.